The Bertz CT molecular complexity index is 1090. The highest BCUT2D eigenvalue weighted by atomic mass is 32.1. The summed E-state index contributed by atoms with van der Waals surface area (Å²) in [6, 6.07) is 4.38. The zero-order chi connectivity index (χ0) is 21.0. The molecule has 0 bridgehead atoms. The summed E-state index contributed by atoms with van der Waals surface area (Å²) in [4.78, 5) is 20.6. The Hall–Kier alpha value is -3.51. The van der Waals surface area contributed by atoms with Crippen LogP contribution in [-0.4, -0.2) is 20.7 Å². The molecule has 0 unspecified atom stereocenters. The van der Waals surface area contributed by atoms with Crippen LogP contribution in [-0.2, 0) is 11.0 Å². The minimum absolute atomic E-state index is 0.0229. The van der Waals surface area contributed by atoms with Crippen molar-refractivity contribution >= 4 is 34.6 Å². The SMILES string of the molecule is Nc1ncc(C#CC2=CCC(=S)C(C(=O)Nc3cccc(C(F)(F)F)c3)=C2)cn1. The highest BCUT2D eigenvalue weighted by Crippen LogP contribution is 2.30. The Balaban J connectivity index is 1.78. The summed E-state index contributed by atoms with van der Waals surface area (Å²) in [5.41, 5.74) is 5.85. The number of benzene rings is 1. The van der Waals surface area contributed by atoms with Gasteiger partial charge in [0.05, 0.1) is 16.7 Å². The fraction of sp³-hybridized carbons (Fsp3) is 0.100. The molecule has 5 nitrogen and oxygen atoms in total. The van der Waals surface area contributed by atoms with E-state index in [1.54, 1.807) is 6.08 Å². The fourth-order valence-electron chi connectivity index (χ4n) is 2.41. The van der Waals surface area contributed by atoms with E-state index < -0.39 is 17.6 Å². The molecule has 1 aliphatic carbocycles. The third-order valence-corrected chi connectivity index (χ3v) is 4.21. The van der Waals surface area contributed by atoms with E-state index in [9.17, 15) is 18.0 Å². The zero-order valence-electron chi connectivity index (χ0n) is 14.7. The van der Waals surface area contributed by atoms with Gasteiger partial charge in [0.15, 0.2) is 0 Å². The van der Waals surface area contributed by atoms with E-state index in [2.05, 4.69) is 27.1 Å². The van der Waals surface area contributed by atoms with Crippen LogP contribution in [0.2, 0.25) is 0 Å². The first-order valence-electron chi connectivity index (χ1n) is 8.25. The fourth-order valence-corrected chi connectivity index (χ4v) is 2.64. The average molecular weight is 414 g/mol. The summed E-state index contributed by atoms with van der Waals surface area (Å²) in [5, 5.41) is 2.45. The van der Waals surface area contributed by atoms with Gasteiger partial charge in [0, 0.05) is 34.9 Å². The van der Waals surface area contributed by atoms with Gasteiger partial charge in [-0.3, -0.25) is 4.79 Å². The van der Waals surface area contributed by atoms with Crippen LogP contribution in [0.1, 0.15) is 17.5 Å². The first-order valence-corrected chi connectivity index (χ1v) is 8.66. The molecule has 0 fully saturated rings. The van der Waals surface area contributed by atoms with Crippen LogP contribution in [0.15, 0.2) is 60.0 Å². The number of hydrogen-bond acceptors (Lipinski definition) is 5. The van der Waals surface area contributed by atoms with Crippen LogP contribution in [0, 0.1) is 11.8 Å². The highest BCUT2D eigenvalue weighted by Gasteiger charge is 2.30. The number of nitrogens with zero attached hydrogens (tertiary/aromatic N) is 2. The van der Waals surface area contributed by atoms with E-state index in [-0.39, 0.29) is 17.2 Å². The Morgan fingerprint density at radius 3 is 2.62 bits per heavy atom. The lowest BCUT2D eigenvalue weighted by Gasteiger charge is -2.14. The smallest absolute Gasteiger partial charge is 0.368 e. The quantitative estimate of drug-likeness (QED) is 0.579. The van der Waals surface area contributed by atoms with E-state index in [0.29, 0.717) is 22.4 Å². The number of thiocarbonyl (C=S) groups is 1. The third-order valence-electron chi connectivity index (χ3n) is 3.82. The minimum Gasteiger partial charge on any atom is -0.368 e. The Labute approximate surface area is 169 Å². The average Bonchev–Trinajstić information content (AvgIpc) is 2.68. The molecule has 1 aromatic carbocycles. The molecule has 0 radical (unpaired) electrons. The third kappa shape index (κ3) is 5.27. The van der Waals surface area contributed by atoms with Crippen molar-refractivity contribution in [3.8, 4) is 11.8 Å². The number of carbonyl (C=O) groups is 1. The van der Waals surface area contributed by atoms with Crippen molar-refractivity contribution in [1.29, 1.82) is 0 Å². The first kappa shape index (κ1) is 20.2. The molecule has 0 atom stereocenters. The Morgan fingerprint density at radius 2 is 1.93 bits per heavy atom. The number of amides is 1. The maximum atomic E-state index is 12.8. The minimum atomic E-state index is -4.50. The summed E-state index contributed by atoms with van der Waals surface area (Å²) in [6.07, 6.45) is 2.01. The maximum Gasteiger partial charge on any atom is 0.416 e. The molecule has 2 aromatic rings. The van der Waals surface area contributed by atoms with Gasteiger partial charge in [-0.15, -0.1) is 0 Å². The van der Waals surface area contributed by atoms with Crippen LogP contribution in [0.25, 0.3) is 0 Å². The number of aromatic nitrogens is 2. The van der Waals surface area contributed by atoms with Gasteiger partial charge in [0.1, 0.15) is 0 Å². The molecule has 1 heterocycles. The molecule has 0 spiro atoms. The summed E-state index contributed by atoms with van der Waals surface area (Å²) in [7, 11) is 0. The molecule has 0 saturated carbocycles. The van der Waals surface area contributed by atoms with Crippen molar-refractivity contribution in [2.24, 2.45) is 0 Å². The van der Waals surface area contributed by atoms with E-state index in [0.717, 1.165) is 12.1 Å². The van der Waals surface area contributed by atoms with Gasteiger partial charge in [-0.1, -0.05) is 36.2 Å². The van der Waals surface area contributed by atoms with Crippen molar-refractivity contribution < 1.29 is 18.0 Å². The molecular weight excluding hydrogens is 401 g/mol. The van der Waals surface area contributed by atoms with Crippen molar-refractivity contribution in [2.45, 2.75) is 12.6 Å². The predicted octanol–water partition coefficient (Wildman–Crippen LogP) is 3.69. The molecule has 9 heteroatoms. The van der Waals surface area contributed by atoms with Crippen LogP contribution in [0.3, 0.4) is 0 Å². The monoisotopic (exact) mass is 414 g/mol. The lowest BCUT2D eigenvalue weighted by Crippen LogP contribution is -2.21. The molecule has 146 valence electrons. The number of allylic oxidation sites excluding steroid dienone is 3. The number of nitrogens with two attached hydrogens (primary N) is 1. The number of hydrogen-bond donors (Lipinski definition) is 2. The lowest BCUT2D eigenvalue weighted by molar-refractivity contribution is -0.137. The van der Waals surface area contributed by atoms with Crippen molar-refractivity contribution in [2.75, 3.05) is 11.1 Å². The van der Waals surface area contributed by atoms with Crippen molar-refractivity contribution in [1.82, 2.24) is 9.97 Å². The molecule has 0 aliphatic heterocycles. The zero-order valence-corrected chi connectivity index (χ0v) is 15.6. The normalized spacial score (nSPS) is 13.7. The lowest BCUT2D eigenvalue weighted by atomic mass is 9.98. The van der Waals surface area contributed by atoms with Gasteiger partial charge in [0.25, 0.3) is 5.91 Å². The summed E-state index contributed by atoms with van der Waals surface area (Å²) < 4.78 is 38.5. The molecule has 3 N–H and O–H groups in total. The number of carbonyl (C=O) groups excluding carboxylic acids is 1. The number of alkyl halides is 3. The largest absolute Gasteiger partial charge is 0.416 e. The molecular formula is C20H13F3N4OS. The number of rotatable bonds is 2. The second kappa shape index (κ2) is 8.24. The molecule has 1 aromatic heterocycles. The number of halogens is 3. The number of nitrogens with one attached hydrogen (secondary N) is 1. The highest BCUT2D eigenvalue weighted by molar-refractivity contribution is 7.81. The van der Waals surface area contributed by atoms with Crippen molar-refractivity contribution in [3.63, 3.8) is 0 Å². The van der Waals surface area contributed by atoms with Crippen molar-refractivity contribution in [3.05, 3.63) is 71.1 Å². The standard InChI is InChI=1S/C20H13F3N4OS/c21-20(22,23)14-2-1-3-15(9-14)27-18(28)16-8-12(6-7-17(16)29)4-5-13-10-25-19(24)26-11-13/h1-3,6,8-11H,7H2,(H,27,28)(H2,24,25,26). The molecule has 0 saturated heterocycles. The van der Waals surface area contributed by atoms with Gasteiger partial charge in [-0.25, -0.2) is 9.97 Å². The maximum absolute atomic E-state index is 12.8. The second-order valence-electron chi connectivity index (χ2n) is 5.96. The van der Waals surface area contributed by atoms with E-state index in [1.165, 1.54) is 30.6 Å². The molecule has 1 amide bonds. The second-order valence-corrected chi connectivity index (χ2v) is 6.45. The number of anilines is 2. The van der Waals surface area contributed by atoms with E-state index in [4.69, 9.17) is 18.0 Å². The van der Waals surface area contributed by atoms with Gasteiger partial charge in [-0.2, -0.15) is 13.2 Å². The van der Waals surface area contributed by atoms with Crippen LogP contribution in [0.5, 0.6) is 0 Å². The first-order chi connectivity index (χ1) is 13.7. The van der Waals surface area contributed by atoms with Gasteiger partial charge >= 0.3 is 6.18 Å². The summed E-state index contributed by atoms with van der Waals surface area (Å²) in [6.45, 7) is 0. The molecule has 1 aliphatic rings. The van der Waals surface area contributed by atoms with Crippen LogP contribution in [0.4, 0.5) is 24.8 Å². The van der Waals surface area contributed by atoms with Gasteiger partial charge in [-0.05, 0) is 24.3 Å². The van der Waals surface area contributed by atoms with E-state index in [1.807, 2.05) is 0 Å². The van der Waals surface area contributed by atoms with Gasteiger partial charge < -0.3 is 11.1 Å². The number of nitrogen functional groups attached to an aromatic ring is 1. The van der Waals surface area contributed by atoms with Crippen LogP contribution >= 0.6 is 12.2 Å². The van der Waals surface area contributed by atoms with E-state index >= 15 is 0 Å². The Kier molecular flexibility index (Phi) is 5.75. The van der Waals surface area contributed by atoms with Gasteiger partial charge in [0.2, 0.25) is 5.95 Å². The van der Waals surface area contributed by atoms with Crippen LogP contribution < -0.4 is 11.1 Å². The summed E-state index contributed by atoms with van der Waals surface area (Å²) >= 11 is 5.21. The topological polar surface area (TPSA) is 80.9 Å². The predicted molar refractivity (Wildman–Crippen MR) is 107 cm³/mol. The summed E-state index contributed by atoms with van der Waals surface area (Å²) in [5.74, 6) is 5.26. The molecule has 29 heavy (non-hydrogen) atoms. The Morgan fingerprint density at radius 1 is 1.21 bits per heavy atom. The molecule has 3 rings (SSSR count).